The molecule has 1 aliphatic carbocycles. The first-order chi connectivity index (χ1) is 9.77. The highest BCUT2D eigenvalue weighted by molar-refractivity contribution is 5.21. The second kappa shape index (κ2) is 6.17. The first-order valence-electron chi connectivity index (χ1n) is 8.92. The number of fused-ring (bicyclic) bond motifs is 1. The first-order valence-corrected chi connectivity index (χ1v) is 8.92. The third-order valence-corrected chi connectivity index (χ3v) is 6.19. The Morgan fingerprint density at radius 3 is 2.38 bits per heavy atom. The van der Waals surface area contributed by atoms with Crippen molar-refractivity contribution in [2.24, 2.45) is 23.0 Å². The van der Waals surface area contributed by atoms with E-state index in [1.54, 1.807) is 0 Å². The normalized spacial score (nSPS) is 34.6. The van der Waals surface area contributed by atoms with E-state index in [0.29, 0.717) is 24.0 Å². The van der Waals surface area contributed by atoms with E-state index in [1.165, 1.54) is 12.8 Å². The molecule has 124 valence electrons. The summed E-state index contributed by atoms with van der Waals surface area (Å²) in [5.41, 5.74) is 6.97. The van der Waals surface area contributed by atoms with Gasteiger partial charge in [-0.3, -0.25) is 4.90 Å². The summed E-state index contributed by atoms with van der Waals surface area (Å²) in [6.45, 7) is 16.9. The minimum absolute atomic E-state index is 0.0916. The van der Waals surface area contributed by atoms with Gasteiger partial charge in [-0.25, -0.2) is 0 Å². The molecule has 0 aromatic rings. The highest BCUT2D eigenvalue weighted by Gasteiger charge is 2.67. The topological polar surface area (TPSA) is 38.5 Å². The lowest BCUT2D eigenvalue weighted by atomic mass is 9.48. The molecule has 3 nitrogen and oxygen atoms in total. The molecule has 21 heavy (non-hydrogen) atoms. The van der Waals surface area contributed by atoms with Crippen molar-refractivity contribution < 1.29 is 4.74 Å². The molecule has 2 N–H and O–H groups in total. The maximum atomic E-state index is 6.97. The van der Waals surface area contributed by atoms with Crippen molar-refractivity contribution in [2.45, 2.75) is 78.5 Å². The summed E-state index contributed by atoms with van der Waals surface area (Å²) in [6, 6.07) is 0.657. The quantitative estimate of drug-likeness (QED) is 0.783. The Kier molecular flexibility index (Phi) is 5.07. The van der Waals surface area contributed by atoms with Gasteiger partial charge in [0.1, 0.15) is 0 Å². The lowest BCUT2D eigenvalue weighted by Crippen LogP contribution is -2.78. The van der Waals surface area contributed by atoms with Gasteiger partial charge >= 0.3 is 0 Å². The largest absolute Gasteiger partial charge is 0.377 e. The fourth-order valence-corrected chi connectivity index (χ4v) is 4.75. The van der Waals surface area contributed by atoms with E-state index in [1.807, 2.05) is 0 Å². The van der Waals surface area contributed by atoms with Crippen molar-refractivity contribution in [3.8, 4) is 0 Å². The van der Waals surface area contributed by atoms with Crippen LogP contribution in [0.25, 0.3) is 0 Å². The van der Waals surface area contributed by atoms with Gasteiger partial charge < -0.3 is 10.5 Å². The minimum atomic E-state index is -0.0916. The summed E-state index contributed by atoms with van der Waals surface area (Å²) in [4.78, 5) is 2.67. The minimum Gasteiger partial charge on any atom is -0.377 e. The molecule has 0 aromatic carbocycles. The van der Waals surface area contributed by atoms with Crippen LogP contribution in [-0.4, -0.2) is 42.3 Å². The number of hydrogen-bond donors (Lipinski definition) is 1. The van der Waals surface area contributed by atoms with Crippen LogP contribution in [0.3, 0.4) is 0 Å². The molecular formula is C18H36N2O. The van der Waals surface area contributed by atoms with Crippen molar-refractivity contribution in [1.82, 2.24) is 4.90 Å². The van der Waals surface area contributed by atoms with Gasteiger partial charge in [0.25, 0.3) is 0 Å². The van der Waals surface area contributed by atoms with Crippen molar-refractivity contribution in [3.63, 3.8) is 0 Å². The van der Waals surface area contributed by atoms with Crippen LogP contribution < -0.4 is 5.73 Å². The fourth-order valence-electron chi connectivity index (χ4n) is 4.75. The molecule has 0 aromatic heterocycles. The van der Waals surface area contributed by atoms with Crippen LogP contribution in [-0.2, 0) is 4.74 Å². The van der Waals surface area contributed by atoms with E-state index in [9.17, 15) is 0 Å². The zero-order valence-corrected chi connectivity index (χ0v) is 15.0. The Hall–Kier alpha value is -0.120. The molecule has 2 rings (SSSR count). The van der Waals surface area contributed by atoms with Gasteiger partial charge in [-0.05, 0) is 25.2 Å². The van der Waals surface area contributed by atoms with Crippen LogP contribution in [0.4, 0.5) is 0 Å². The molecule has 0 spiro atoms. The Morgan fingerprint density at radius 2 is 1.86 bits per heavy atom. The number of rotatable bonds is 7. The average Bonchev–Trinajstić information content (AvgIpc) is 2.87. The van der Waals surface area contributed by atoms with Crippen LogP contribution in [0.1, 0.15) is 60.8 Å². The first kappa shape index (κ1) is 17.2. The Morgan fingerprint density at radius 1 is 1.24 bits per heavy atom. The van der Waals surface area contributed by atoms with Gasteiger partial charge in [0.2, 0.25) is 0 Å². The van der Waals surface area contributed by atoms with E-state index in [4.69, 9.17) is 10.5 Å². The molecule has 0 bridgehead atoms. The smallest absolute Gasteiger partial charge is 0.0691 e. The van der Waals surface area contributed by atoms with Gasteiger partial charge in [0.15, 0.2) is 0 Å². The van der Waals surface area contributed by atoms with Gasteiger partial charge in [-0.2, -0.15) is 0 Å². The molecule has 1 saturated heterocycles. The molecule has 1 aliphatic heterocycles. The highest BCUT2D eigenvalue weighted by Crippen LogP contribution is 2.58. The van der Waals surface area contributed by atoms with Crippen molar-refractivity contribution in [3.05, 3.63) is 0 Å². The summed E-state index contributed by atoms with van der Waals surface area (Å²) in [7, 11) is 0. The van der Waals surface area contributed by atoms with E-state index >= 15 is 0 Å². The zero-order chi connectivity index (χ0) is 15.8. The molecule has 2 aliphatic rings. The van der Waals surface area contributed by atoms with E-state index in [-0.39, 0.29) is 11.0 Å². The van der Waals surface area contributed by atoms with Crippen LogP contribution in [0.5, 0.6) is 0 Å². The van der Waals surface area contributed by atoms with Crippen molar-refractivity contribution in [2.75, 3.05) is 19.7 Å². The molecule has 3 atom stereocenters. The zero-order valence-electron chi connectivity index (χ0n) is 15.0. The second-order valence-electron chi connectivity index (χ2n) is 8.24. The third kappa shape index (κ3) is 2.77. The lowest BCUT2D eigenvalue weighted by molar-refractivity contribution is -0.166. The molecule has 0 radical (unpaired) electrons. The van der Waals surface area contributed by atoms with Gasteiger partial charge in [-0.15, -0.1) is 0 Å². The molecule has 2 fully saturated rings. The standard InChI is InChI=1S/C18H36N2O/c1-7-14(8-2)20(11-13(3)4)12-18(19)15-9-10-21-16(15)17(18,5)6/h13-16H,7-12,19H2,1-6H3. The maximum Gasteiger partial charge on any atom is 0.0691 e. The summed E-state index contributed by atoms with van der Waals surface area (Å²) in [5, 5.41) is 0. The van der Waals surface area contributed by atoms with Crippen LogP contribution in [0.15, 0.2) is 0 Å². The summed E-state index contributed by atoms with van der Waals surface area (Å²) >= 11 is 0. The second-order valence-corrected chi connectivity index (χ2v) is 8.24. The number of nitrogens with two attached hydrogens (primary N) is 1. The van der Waals surface area contributed by atoms with Crippen molar-refractivity contribution in [1.29, 1.82) is 0 Å². The van der Waals surface area contributed by atoms with Crippen LogP contribution in [0.2, 0.25) is 0 Å². The summed E-state index contributed by atoms with van der Waals surface area (Å²) in [5.74, 6) is 1.24. The third-order valence-electron chi connectivity index (χ3n) is 6.19. The Balaban J connectivity index is 2.15. The highest BCUT2D eigenvalue weighted by atomic mass is 16.5. The molecule has 3 unspecified atom stereocenters. The predicted octanol–water partition coefficient (Wildman–Crippen LogP) is 3.28. The number of hydrogen-bond acceptors (Lipinski definition) is 3. The van der Waals surface area contributed by atoms with Crippen molar-refractivity contribution >= 4 is 0 Å². The molecule has 0 amide bonds. The van der Waals surface area contributed by atoms with Crippen LogP contribution in [0, 0.1) is 17.3 Å². The van der Waals surface area contributed by atoms with Crippen LogP contribution >= 0.6 is 0 Å². The molecule has 1 heterocycles. The fraction of sp³-hybridized carbons (Fsp3) is 1.00. The SMILES string of the molecule is CCC(CC)N(CC(C)C)CC1(N)C2CCOC2C1(C)C. The van der Waals surface area contributed by atoms with Gasteiger partial charge in [-0.1, -0.05) is 41.5 Å². The Bertz CT molecular complexity index is 351. The van der Waals surface area contributed by atoms with E-state index < -0.39 is 0 Å². The summed E-state index contributed by atoms with van der Waals surface area (Å²) in [6.07, 6.45) is 3.95. The lowest BCUT2D eigenvalue weighted by Gasteiger charge is -2.64. The molecule has 1 saturated carbocycles. The molecular weight excluding hydrogens is 260 g/mol. The number of ether oxygens (including phenoxy) is 1. The summed E-state index contributed by atoms with van der Waals surface area (Å²) < 4.78 is 5.94. The van der Waals surface area contributed by atoms with E-state index in [0.717, 1.165) is 26.1 Å². The Labute approximate surface area is 131 Å². The predicted molar refractivity (Wildman–Crippen MR) is 89.3 cm³/mol. The maximum absolute atomic E-state index is 6.97. The van der Waals surface area contributed by atoms with Gasteiger partial charge in [0, 0.05) is 42.6 Å². The van der Waals surface area contributed by atoms with Gasteiger partial charge in [0.05, 0.1) is 6.10 Å². The number of nitrogens with zero attached hydrogens (tertiary/aromatic N) is 1. The van der Waals surface area contributed by atoms with E-state index in [2.05, 4.69) is 46.4 Å². The molecule has 3 heteroatoms. The average molecular weight is 296 g/mol. The monoisotopic (exact) mass is 296 g/mol.